The lowest BCUT2D eigenvalue weighted by atomic mass is 10.1. The molecule has 0 aliphatic heterocycles. The van der Waals surface area contributed by atoms with Crippen LogP contribution < -0.4 is 0 Å². The molecular formula is C16H17N5OS. The molecule has 1 aromatic carbocycles. The highest BCUT2D eigenvalue weighted by molar-refractivity contribution is 7.13. The number of hydrogen-bond acceptors (Lipinski definition) is 5. The number of nitrogens with zero attached hydrogens (tertiary/aromatic N) is 4. The van der Waals surface area contributed by atoms with Gasteiger partial charge in [0.15, 0.2) is 10.8 Å². The Morgan fingerprint density at radius 1 is 1.39 bits per heavy atom. The van der Waals surface area contributed by atoms with Crippen molar-refractivity contribution < 1.29 is 4.79 Å². The van der Waals surface area contributed by atoms with Gasteiger partial charge in [0.05, 0.1) is 0 Å². The molecule has 0 aliphatic rings. The van der Waals surface area contributed by atoms with Gasteiger partial charge < -0.3 is 4.90 Å². The first-order chi connectivity index (χ1) is 11.2. The maximum Gasteiger partial charge on any atom is 0.273 e. The number of carbonyl (C=O) groups excluding carboxylic acids is 1. The number of carbonyl (C=O) groups is 1. The van der Waals surface area contributed by atoms with Crippen LogP contribution in [0.2, 0.25) is 0 Å². The largest absolute Gasteiger partial charge is 0.333 e. The van der Waals surface area contributed by atoms with Gasteiger partial charge in [-0.2, -0.15) is 5.10 Å². The van der Waals surface area contributed by atoms with E-state index in [1.165, 1.54) is 23.2 Å². The van der Waals surface area contributed by atoms with Crippen LogP contribution in [0.4, 0.5) is 0 Å². The second-order valence-electron chi connectivity index (χ2n) is 5.18. The summed E-state index contributed by atoms with van der Waals surface area (Å²) in [5, 5.41) is 8.99. The van der Waals surface area contributed by atoms with E-state index in [4.69, 9.17) is 0 Å². The minimum absolute atomic E-state index is 0.0731. The molecule has 6 nitrogen and oxygen atoms in total. The molecular weight excluding hydrogens is 310 g/mol. The predicted molar refractivity (Wildman–Crippen MR) is 89.1 cm³/mol. The predicted octanol–water partition coefficient (Wildman–Crippen LogP) is 2.90. The molecule has 0 radical (unpaired) electrons. The Labute approximate surface area is 138 Å². The molecule has 1 N–H and O–H groups in total. The molecule has 0 saturated carbocycles. The minimum atomic E-state index is -0.0731. The second kappa shape index (κ2) is 6.70. The highest BCUT2D eigenvalue weighted by atomic mass is 32.1. The van der Waals surface area contributed by atoms with Crippen LogP contribution in [-0.2, 0) is 6.54 Å². The molecule has 0 bridgehead atoms. The molecule has 3 aromatic rings. The van der Waals surface area contributed by atoms with Crippen LogP contribution in [0.5, 0.6) is 0 Å². The minimum Gasteiger partial charge on any atom is -0.333 e. The normalized spacial score (nSPS) is 10.7. The Morgan fingerprint density at radius 2 is 2.26 bits per heavy atom. The van der Waals surface area contributed by atoms with Gasteiger partial charge in [-0.05, 0) is 19.4 Å². The molecule has 0 spiro atoms. The zero-order valence-corrected chi connectivity index (χ0v) is 13.8. The Balaban J connectivity index is 1.77. The maximum absolute atomic E-state index is 12.7. The smallest absolute Gasteiger partial charge is 0.273 e. The second-order valence-corrected chi connectivity index (χ2v) is 6.04. The van der Waals surface area contributed by atoms with Gasteiger partial charge in [0.1, 0.15) is 12.0 Å². The fraction of sp³-hybridized carbons (Fsp3) is 0.250. The zero-order chi connectivity index (χ0) is 16.2. The van der Waals surface area contributed by atoms with E-state index in [2.05, 4.69) is 26.2 Å². The monoisotopic (exact) mass is 327 g/mol. The van der Waals surface area contributed by atoms with E-state index >= 15 is 0 Å². The number of aromatic nitrogens is 4. The van der Waals surface area contributed by atoms with Gasteiger partial charge in [-0.25, -0.2) is 9.97 Å². The molecule has 1 amide bonds. The van der Waals surface area contributed by atoms with Gasteiger partial charge in [0, 0.05) is 18.5 Å². The molecule has 0 atom stereocenters. The summed E-state index contributed by atoms with van der Waals surface area (Å²) >= 11 is 1.38. The van der Waals surface area contributed by atoms with E-state index in [0.29, 0.717) is 29.6 Å². The first-order valence-corrected chi connectivity index (χ1v) is 8.21. The molecule has 3 rings (SSSR count). The maximum atomic E-state index is 12.7. The Morgan fingerprint density at radius 3 is 2.96 bits per heavy atom. The van der Waals surface area contributed by atoms with Gasteiger partial charge in [0.2, 0.25) is 0 Å². The van der Waals surface area contributed by atoms with Gasteiger partial charge in [0.25, 0.3) is 5.91 Å². The third-order valence-electron chi connectivity index (χ3n) is 3.47. The zero-order valence-electron chi connectivity index (χ0n) is 13.0. The van der Waals surface area contributed by atoms with Crippen molar-refractivity contribution in [3.05, 3.63) is 52.8 Å². The van der Waals surface area contributed by atoms with Crippen LogP contribution in [-0.4, -0.2) is 37.5 Å². The molecule has 0 saturated heterocycles. The SMILES string of the molecule is CCN(Cc1cccc(C)c1)C(=O)c1csc(-c2ncn[nH]2)n1. The van der Waals surface area contributed by atoms with Gasteiger partial charge in [-0.1, -0.05) is 29.8 Å². The van der Waals surface area contributed by atoms with Crippen molar-refractivity contribution >= 4 is 17.2 Å². The van der Waals surface area contributed by atoms with E-state index in [0.717, 1.165) is 5.56 Å². The number of hydrogen-bond donors (Lipinski definition) is 1. The summed E-state index contributed by atoms with van der Waals surface area (Å²) in [6.45, 7) is 5.22. The van der Waals surface area contributed by atoms with Gasteiger partial charge in [-0.15, -0.1) is 11.3 Å². The molecule has 118 valence electrons. The molecule has 0 fully saturated rings. The lowest BCUT2D eigenvalue weighted by Crippen LogP contribution is -2.30. The number of amides is 1. The van der Waals surface area contributed by atoms with E-state index < -0.39 is 0 Å². The summed E-state index contributed by atoms with van der Waals surface area (Å²) in [4.78, 5) is 22.9. The number of rotatable bonds is 5. The fourth-order valence-electron chi connectivity index (χ4n) is 2.31. The lowest BCUT2D eigenvalue weighted by Gasteiger charge is -2.20. The summed E-state index contributed by atoms with van der Waals surface area (Å²) in [5.74, 6) is 0.506. The van der Waals surface area contributed by atoms with Crippen LogP contribution in [0.15, 0.2) is 36.0 Å². The highest BCUT2D eigenvalue weighted by Crippen LogP contribution is 2.21. The number of benzene rings is 1. The third-order valence-corrected chi connectivity index (χ3v) is 4.31. The van der Waals surface area contributed by atoms with Crippen LogP contribution in [0.25, 0.3) is 10.8 Å². The third kappa shape index (κ3) is 3.45. The molecule has 2 aromatic heterocycles. The Hall–Kier alpha value is -2.54. The summed E-state index contributed by atoms with van der Waals surface area (Å²) in [6.07, 6.45) is 1.42. The summed E-state index contributed by atoms with van der Waals surface area (Å²) in [6, 6.07) is 8.18. The van der Waals surface area contributed by atoms with Gasteiger partial charge in [-0.3, -0.25) is 9.89 Å². The number of thiazole rings is 1. The average molecular weight is 327 g/mol. The fourth-order valence-corrected chi connectivity index (χ4v) is 3.05. The van der Waals surface area contributed by atoms with Crippen molar-refractivity contribution in [1.29, 1.82) is 0 Å². The molecule has 23 heavy (non-hydrogen) atoms. The van der Waals surface area contributed by atoms with Crippen LogP contribution in [0.3, 0.4) is 0 Å². The van der Waals surface area contributed by atoms with E-state index in [1.54, 1.807) is 10.3 Å². The molecule has 7 heteroatoms. The Bertz CT molecular complexity index is 796. The topological polar surface area (TPSA) is 74.8 Å². The first kappa shape index (κ1) is 15.4. The van der Waals surface area contributed by atoms with Crippen molar-refractivity contribution in [2.45, 2.75) is 20.4 Å². The van der Waals surface area contributed by atoms with Crippen molar-refractivity contribution in [3.63, 3.8) is 0 Å². The van der Waals surface area contributed by atoms with Gasteiger partial charge >= 0.3 is 0 Å². The summed E-state index contributed by atoms with van der Waals surface area (Å²) in [7, 11) is 0. The highest BCUT2D eigenvalue weighted by Gasteiger charge is 2.19. The van der Waals surface area contributed by atoms with Crippen molar-refractivity contribution in [2.75, 3.05) is 6.54 Å². The van der Waals surface area contributed by atoms with Crippen LogP contribution in [0.1, 0.15) is 28.5 Å². The number of H-pyrrole nitrogens is 1. The van der Waals surface area contributed by atoms with E-state index in [-0.39, 0.29) is 5.91 Å². The van der Waals surface area contributed by atoms with Crippen molar-refractivity contribution in [1.82, 2.24) is 25.1 Å². The number of nitrogens with one attached hydrogen (secondary N) is 1. The van der Waals surface area contributed by atoms with Crippen LogP contribution in [0, 0.1) is 6.92 Å². The summed E-state index contributed by atoms with van der Waals surface area (Å²) < 4.78 is 0. The van der Waals surface area contributed by atoms with Crippen LogP contribution >= 0.6 is 11.3 Å². The van der Waals surface area contributed by atoms with Crippen molar-refractivity contribution in [3.8, 4) is 10.8 Å². The average Bonchev–Trinajstić information content (AvgIpc) is 3.22. The molecule has 0 aliphatic carbocycles. The first-order valence-electron chi connectivity index (χ1n) is 7.33. The Kier molecular flexibility index (Phi) is 4.47. The lowest BCUT2D eigenvalue weighted by molar-refractivity contribution is 0.0747. The number of aromatic amines is 1. The standard InChI is InChI=1S/C16H17N5OS/c1-3-21(8-12-6-4-5-11(2)7-12)16(22)13-9-23-15(19-13)14-17-10-18-20-14/h4-7,9-10H,3,8H2,1-2H3,(H,17,18,20). The number of aryl methyl sites for hydroxylation is 1. The summed E-state index contributed by atoms with van der Waals surface area (Å²) in [5.41, 5.74) is 2.74. The molecule has 2 heterocycles. The van der Waals surface area contributed by atoms with E-state index in [9.17, 15) is 4.79 Å². The quantitative estimate of drug-likeness (QED) is 0.782. The van der Waals surface area contributed by atoms with E-state index in [1.807, 2.05) is 32.0 Å². The molecule has 0 unspecified atom stereocenters. The van der Waals surface area contributed by atoms with Crippen molar-refractivity contribution in [2.24, 2.45) is 0 Å².